The number of morpholine rings is 1. The third-order valence-electron chi connectivity index (χ3n) is 5.76. The molecule has 35 heavy (non-hydrogen) atoms. The number of rotatable bonds is 8. The zero-order chi connectivity index (χ0) is 25.0. The van der Waals surface area contributed by atoms with Crippen LogP contribution in [0.3, 0.4) is 0 Å². The highest BCUT2D eigenvalue weighted by Crippen LogP contribution is 2.34. The van der Waals surface area contributed by atoms with Crippen molar-refractivity contribution in [3.8, 4) is 0 Å². The number of carboxylic acids is 2. The van der Waals surface area contributed by atoms with Gasteiger partial charge in [0.1, 0.15) is 6.10 Å². The fourth-order valence-electron chi connectivity index (χ4n) is 4.03. The number of aliphatic carboxylic acids is 2. The molecule has 2 aliphatic rings. The summed E-state index contributed by atoms with van der Waals surface area (Å²) in [6.07, 6.45) is 1.58. The summed E-state index contributed by atoms with van der Waals surface area (Å²) >= 11 is 0. The van der Waals surface area contributed by atoms with Gasteiger partial charge in [-0.15, -0.1) is 0 Å². The fraction of sp³-hybridized carbons (Fsp3) is 0.346. The third-order valence-corrected chi connectivity index (χ3v) is 5.76. The summed E-state index contributed by atoms with van der Waals surface area (Å²) in [5.41, 5.74) is 2.21. The van der Waals surface area contributed by atoms with E-state index < -0.39 is 11.9 Å². The number of carbonyl (C=O) groups excluding carboxylic acids is 1. The molecule has 0 bridgehead atoms. The third kappa shape index (κ3) is 8.24. The van der Waals surface area contributed by atoms with Crippen molar-refractivity contribution in [2.75, 3.05) is 39.4 Å². The predicted molar refractivity (Wildman–Crippen MR) is 128 cm³/mol. The normalized spacial score (nSPS) is 19.0. The van der Waals surface area contributed by atoms with Crippen LogP contribution in [0.15, 0.2) is 72.8 Å². The van der Waals surface area contributed by atoms with Crippen molar-refractivity contribution in [2.24, 2.45) is 0 Å². The summed E-state index contributed by atoms with van der Waals surface area (Å²) in [4.78, 5) is 36.1. The second kappa shape index (κ2) is 13.3. The van der Waals surface area contributed by atoms with E-state index in [1.807, 2.05) is 53.4 Å². The second-order valence-electron chi connectivity index (χ2n) is 8.11. The van der Waals surface area contributed by atoms with Crippen molar-refractivity contribution in [2.45, 2.75) is 18.6 Å². The average molecular weight is 483 g/mol. The summed E-state index contributed by atoms with van der Waals surface area (Å²) in [6, 6.07) is 20.3. The van der Waals surface area contributed by atoms with Crippen LogP contribution in [0.1, 0.15) is 29.7 Å². The topological polar surface area (TPSA) is 117 Å². The second-order valence-corrected chi connectivity index (χ2v) is 8.11. The molecule has 2 N–H and O–H groups in total. The monoisotopic (exact) mass is 482 g/mol. The van der Waals surface area contributed by atoms with E-state index in [4.69, 9.17) is 19.7 Å². The summed E-state index contributed by atoms with van der Waals surface area (Å²) in [5, 5.41) is 15.6. The van der Waals surface area contributed by atoms with Gasteiger partial charge in [0.2, 0.25) is 0 Å². The molecule has 2 unspecified atom stereocenters. The van der Waals surface area contributed by atoms with E-state index in [2.05, 4.69) is 17.0 Å². The number of amides is 1. The van der Waals surface area contributed by atoms with E-state index in [0.29, 0.717) is 18.7 Å². The Morgan fingerprint density at radius 1 is 0.943 bits per heavy atom. The van der Waals surface area contributed by atoms with Crippen LogP contribution >= 0.6 is 0 Å². The summed E-state index contributed by atoms with van der Waals surface area (Å²) < 4.78 is 11.2. The highest BCUT2D eigenvalue weighted by Gasteiger charge is 2.37. The van der Waals surface area contributed by atoms with E-state index in [1.165, 1.54) is 0 Å². The van der Waals surface area contributed by atoms with E-state index >= 15 is 0 Å². The number of nitrogens with zero attached hydrogens (tertiary/aromatic N) is 2. The minimum atomic E-state index is -1.26. The van der Waals surface area contributed by atoms with Gasteiger partial charge in [-0.2, -0.15) is 0 Å². The van der Waals surface area contributed by atoms with Gasteiger partial charge in [0.15, 0.2) is 0 Å². The largest absolute Gasteiger partial charge is 0.478 e. The van der Waals surface area contributed by atoms with Gasteiger partial charge in [-0.25, -0.2) is 14.4 Å². The number of hydrogen-bond donors (Lipinski definition) is 2. The number of hydrogen-bond acceptors (Lipinski definition) is 6. The lowest BCUT2D eigenvalue weighted by Gasteiger charge is -2.31. The standard InChI is InChI=1S/C22H26N2O3.C4H4O4/c25-22-24(17-21(27-22)19-9-5-2-6-10-19)20(18-7-3-1-4-8-18)11-12-23-13-15-26-16-14-23;5-3(6)1-2-4(7)8/h1-10,20-21H,11-17H2;1-2H,(H,5,6)(H,7,8)/b;2-1+. The molecule has 2 heterocycles. The van der Waals surface area contributed by atoms with Gasteiger partial charge in [0.05, 0.1) is 25.8 Å². The molecule has 186 valence electrons. The zero-order valence-electron chi connectivity index (χ0n) is 19.4. The lowest BCUT2D eigenvalue weighted by molar-refractivity contribution is -0.134. The molecule has 9 nitrogen and oxygen atoms in total. The van der Waals surface area contributed by atoms with E-state index in [9.17, 15) is 14.4 Å². The molecule has 0 aliphatic carbocycles. The lowest BCUT2D eigenvalue weighted by Crippen LogP contribution is -2.39. The van der Waals surface area contributed by atoms with Crippen LogP contribution in [0.2, 0.25) is 0 Å². The zero-order valence-corrected chi connectivity index (χ0v) is 19.4. The van der Waals surface area contributed by atoms with Gasteiger partial charge in [-0.05, 0) is 17.5 Å². The molecule has 2 aliphatic heterocycles. The van der Waals surface area contributed by atoms with Gasteiger partial charge >= 0.3 is 18.0 Å². The van der Waals surface area contributed by atoms with Gasteiger partial charge in [0.25, 0.3) is 0 Å². The number of benzene rings is 2. The molecule has 4 rings (SSSR count). The Hall–Kier alpha value is -3.69. The Labute approximate surface area is 204 Å². The molecule has 1 amide bonds. The van der Waals surface area contributed by atoms with Crippen molar-refractivity contribution in [1.82, 2.24) is 9.80 Å². The lowest BCUT2D eigenvalue weighted by atomic mass is 10.0. The molecule has 2 atom stereocenters. The first-order valence-corrected chi connectivity index (χ1v) is 11.4. The number of cyclic esters (lactones) is 1. The highest BCUT2D eigenvalue weighted by molar-refractivity contribution is 5.89. The first-order valence-electron chi connectivity index (χ1n) is 11.4. The van der Waals surface area contributed by atoms with Crippen molar-refractivity contribution in [3.63, 3.8) is 0 Å². The molecule has 2 aromatic carbocycles. The van der Waals surface area contributed by atoms with Crippen LogP contribution in [0.4, 0.5) is 4.79 Å². The van der Waals surface area contributed by atoms with Crippen molar-refractivity contribution >= 4 is 18.0 Å². The molecule has 0 saturated carbocycles. The first-order chi connectivity index (χ1) is 16.9. The maximum absolute atomic E-state index is 12.7. The number of carboxylic acid groups (broad SMARTS) is 2. The maximum atomic E-state index is 12.7. The highest BCUT2D eigenvalue weighted by atomic mass is 16.6. The molecular weight excluding hydrogens is 452 g/mol. The number of ether oxygens (including phenoxy) is 2. The quantitative estimate of drug-likeness (QED) is 0.550. The van der Waals surface area contributed by atoms with E-state index in [1.54, 1.807) is 0 Å². The summed E-state index contributed by atoms with van der Waals surface area (Å²) in [7, 11) is 0. The minimum absolute atomic E-state index is 0.0234. The van der Waals surface area contributed by atoms with E-state index in [0.717, 1.165) is 50.4 Å². The van der Waals surface area contributed by atoms with Gasteiger partial charge in [-0.1, -0.05) is 60.7 Å². The Morgan fingerprint density at radius 3 is 2.09 bits per heavy atom. The molecular formula is C26H30N2O7. The van der Waals surface area contributed by atoms with Crippen molar-refractivity contribution < 1.29 is 34.1 Å². The predicted octanol–water partition coefficient (Wildman–Crippen LogP) is 3.36. The SMILES string of the molecule is O=C(O)/C=C/C(=O)O.O=C1OC(c2ccccc2)CN1C(CCN1CCOCC1)c1ccccc1. The summed E-state index contributed by atoms with van der Waals surface area (Å²) in [6.45, 7) is 5.03. The molecule has 0 spiro atoms. The number of carbonyl (C=O) groups is 3. The van der Waals surface area contributed by atoms with Gasteiger partial charge in [0, 0.05) is 31.8 Å². The molecule has 9 heteroatoms. The van der Waals surface area contributed by atoms with Crippen molar-refractivity contribution in [3.05, 3.63) is 83.9 Å². The smallest absolute Gasteiger partial charge is 0.411 e. The molecule has 2 fully saturated rings. The molecule has 2 saturated heterocycles. The summed E-state index contributed by atoms with van der Waals surface area (Å²) in [5.74, 6) is -2.51. The Morgan fingerprint density at radius 2 is 1.51 bits per heavy atom. The maximum Gasteiger partial charge on any atom is 0.411 e. The molecule has 2 aromatic rings. The van der Waals surface area contributed by atoms with Crippen LogP contribution in [0.5, 0.6) is 0 Å². The first kappa shape index (κ1) is 25.9. The van der Waals surface area contributed by atoms with Crippen LogP contribution in [-0.4, -0.2) is 77.4 Å². The Balaban J connectivity index is 0.000000371. The van der Waals surface area contributed by atoms with Crippen LogP contribution in [0, 0.1) is 0 Å². The van der Waals surface area contributed by atoms with E-state index in [-0.39, 0.29) is 18.2 Å². The average Bonchev–Trinajstić information content (AvgIpc) is 3.26. The van der Waals surface area contributed by atoms with Crippen LogP contribution < -0.4 is 0 Å². The molecule has 0 aromatic heterocycles. The molecule has 0 radical (unpaired) electrons. The van der Waals surface area contributed by atoms with Gasteiger partial charge in [-0.3, -0.25) is 9.80 Å². The minimum Gasteiger partial charge on any atom is -0.478 e. The van der Waals surface area contributed by atoms with Crippen LogP contribution in [-0.2, 0) is 19.1 Å². The van der Waals surface area contributed by atoms with Crippen molar-refractivity contribution in [1.29, 1.82) is 0 Å². The van der Waals surface area contributed by atoms with Gasteiger partial charge < -0.3 is 19.7 Å². The Kier molecular flexibility index (Phi) is 9.82. The Bertz CT molecular complexity index is 975. The fourth-order valence-corrected chi connectivity index (χ4v) is 4.03. The van der Waals surface area contributed by atoms with Crippen LogP contribution in [0.25, 0.3) is 0 Å².